The Morgan fingerprint density at radius 3 is 2.29 bits per heavy atom. The van der Waals surface area contributed by atoms with Crippen molar-refractivity contribution in [1.29, 1.82) is 0 Å². The van der Waals surface area contributed by atoms with Crippen LogP contribution in [0.25, 0.3) is 0 Å². The number of carbonyl (C=O) groups is 5. The van der Waals surface area contributed by atoms with Crippen molar-refractivity contribution in [2.24, 2.45) is 17.3 Å². The van der Waals surface area contributed by atoms with Crippen LogP contribution in [0.2, 0.25) is 0 Å². The summed E-state index contributed by atoms with van der Waals surface area (Å²) in [5, 5.41) is 14.9. The third-order valence-electron chi connectivity index (χ3n) is 9.10. The van der Waals surface area contributed by atoms with Gasteiger partial charge < -0.3 is 20.5 Å². The van der Waals surface area contributed by atoms with Gasteiger partial charge in [0, 0.05) is 41.4 Å². The highest BCUT2D eigenvalue weighted by Gasteiger charge is 2.40. The Labute approximate surface area is 318 Å². The van der Waals surface area contributed by atoms with Gasteiger partial charge in [-0.25, -0.2) is 13.4 Å². The van der Waals surface area contributed by atoms with Crippen molar-refractivity contribution in [3.05, 3.63) is 94.6 Å². The molecule has 16 heteroatoms. The monoisotopic (exact) mass is 786 g/mol. The van der Waals surface area contributed by atoms with Gasteiger partial charge in [-0.1, -0.05) is 33.8 Å². The second-order valence-electron chi connectivity index (χ2n) is 14.5. The highest BCUT2D eigenvalue weighted by atomic mass is 32.2. The fourth-order valence-corrected chi connectivity index (χ4v) is 6.62. The zero-order chi connectivity index (χ0) is 40.8. The number of hydrogen-bond donors (Lipinski definition) is 4. The maximum atomic E-state index is 15.2. The minimum Gasteiger partial charge on any atom is -0.480 e. The Morgan fingerprint density at radius 1 is 1.04 bits per heavy atom. The quantitative estimate of drug-likeness (QED) is 0.116. The first-order valence-electron chi connectivity index (χ1n) is 17.4. The van der Waals surface area contributed by atoms with Gasteiger partial charge in [0.25, 0.3) is 5.91 Å². The van der Waals surface area contributed by atoms with E-state index in [-0.39, 0.29) is 43.7 Å². The number of pyridine rings is 1. The standard InChI is InChI=1S/C39H42F4N4O7S/c1-21-6-15-33(48)27(34(49)18-29(21)39(41,42)43)14-11-24-8-7-23(20-44-24)17-32(36(51)52)46-35(50)28-16-22(2)31(19-30(28)40)47-55(54)26-12-9-25(10-13-26)45-37(53)38(3,4)5/h7-10,12-13,16,18-21,27,32,47H,6,11,14-15,17H2,1-5H3,(H,45,53)(H,46,50)(H,51,52)/t21?,27?,32-,55?/m0/s1. The lowest BCUT2D eigenvalue weighted by Gasteiger charge is -2.23. The highest BCUT2D eigenvalue weighted by Crippen LogP contribution is 2.36. The lowest BCUT2D eigenvalue weighted by Crippen LogP contribution is -2.42. The molecule has 1 aliphatic rings. The second kappa shape index (κ2) is 17.5. The first kappa shape index (κ1) is 42.5. The summed E-state index contributed by atoms with van der Waals surface area (Å²) in [6, 6.07) is 9.93. The van der Waals surface area contributed by atoms with Gasteiger partial charge in [-0.2, -0.15) is 13.2 Å². The number of halogens is 4. The summed E-state index contributed by atoms with van der Waals surface area (Å²) in [5.74, 6) is -7.20. The molecule has 0 fully saturated rings. The van der Waals surface area contributed by atoms with Gasteiger partial charge in [-0.05, 0) is 91.8 Å². The number of carboxylic acids is 1. The molecule has 2 aromatic carbocycles. The van der Waals surface area contributed by atoms with Gasteiger partial charge in [0.1, 0.15) is 28.6 Å². The van der Waals surface area contributed by atoms with E-state index in [2.05, 4.69) is 20.3 Å². The minimum atomic E-state index is -4.69. The maximum Gasteiger partial charge on any atom is 0.413 e. The Balaban J connectivity index is 1.37. The maximum absolute atomic E-state index is 15.2. The largest absolute Gasteiger partial charge is 0.480 e. The number of benzene rings is 2. The summed E-state index contributed by atoms with van der Waals surface area (Å²) < 4.78 is 71.3. The number of hydrogen-bond acceptors (Lipinski definition) is 7. The molecule has 3 aromatic rings. The number of rotatable bonds is 12. The van der Waals surface area contributed by atoms with E-state index >= 15 is 4.39 Å². The molecule has 0 aliphatic heterocycles. The topological polar surface area (TPSA) is 172 Å². The van der Waals surface area contributed by atoms with E-state index in [0.29, 0.717) is 33.5 Å². The fourth-order valence-electron chi connectivity index (χ4n) is 5.70. The van der Waals surface area contributed by atoms with Crippen molar-refractivity contribution in [3.63, 3.8) is 0 Å². The molecule has 4 atom stereocenters. The van der Waals surface area contributed by atoms with E-state index in [0.717, 1.165) is 6.07 Å². The Morgan fingerprint density at radius 2 is 1.71 bits per heavy atom. The Hall–Kier alpha value is -5.25. The molecule has 1 aliphatic carbocycles. The van der Waals surface area contributed by atoms with Gasteiger partial charge >= 0.3 is 12.1 Å². The molecule has 0 saturated carbocycles. The molecule has 294 valence electrons. The summed E-state index contributed by atoms with van der Waals surface area (Å²) >= 11 is 0. The van der Waals surface area contributed by atoms with Crippen LogP contribution in [0.3, 0.4) is 0 Å². The number of aliphatic carboxylic acids is 1. The first-order valence-corrected chi connectivity index (χ1v) is 18.5. The molecule has 0 saturated heterocycles. The van der Waals surface area contributed by atoms with Crippen LogP contribution < -0.4 is 15.4 Å². The van der Waals surface area contributed by atoms with Crippen LogP contribution in [-0.2, 0) is 43.0 Å². The number of amides is 2. The van der Waals surface area contributed by atoms with E-state index in [9.17, 15) is 46.5 Å². The van der Waals surface area contributed by atoms with E-state index in [1.807, 2.05) is 0 Å². The number of aromatic nitrogens is 1. The SMILES string of the molecule is Cc1cc(C(=O)N[C@@H](Cc2ccc(CCC3C(=O)C=C(C(F)(F)F)C(C)CCC3=O)nc2)C(=O)O)c(F)cc1NS(=O)c1ccc(NC(=O)C(C)(C)C)cc1. The molecule has 0 bridgehead atoms. The molecular weight excluding hydrogens is 745 g/mol. The minimum absolute atomic E-state index is 0.0304. The van der Waals surface area contributed by atoms with E-state index in [4.69, 9.17) is 0 Å². The highest BCUT2D eigenvalue weighted by molar-refractivity contribution is 7.86. The predicted molar refractivity (Wildman–Crippen MR) is 197 cm³/mol. The number of allylic oxidation sites excluding steroid dienone is 2. The van der Waals surface area contributed by atoms with E-state index in [1.165, 1.54) is 43.5 Å². The van der Waals surface area contributed by atoms with Crippen molar-refractivity contribution in [2.75, 3.05) is 10.0 Å². The number of nitrogens with one attached hydrogen (secondary N) is 3. The summed E-state index contributed by atoms with van der Waals surface area (Å²) in [5.41, 5.74) is -0.263. The Bertz CT molecular complexity index is 2010. The number of Topliss-reactive ketones (excluding diaryl/α,β-unsaturated/α-hetero) is 1. The zero-order valence-electron chi connectivity index (χ0n) is 30.8. The van der Waals surface area contributed by atoms with Crippen molar-refractivity contribution in [1.82, 2.24) is 10.3 Å². The molecule has 3 unspecified atom stereocenters. The third-order valence-corrected chi connectivity index (χ3v) is 10.2. The van der Waals surface area contributed by atoms with Crippen molar-refractivity contribution < 1.29 is 50.8 Å². The number of carboxylic acid groups (broad SMARTS) is 1. The third kappa shape index (κ3) is 11.4. The van der Waals surface area contributed by atoms with Gasteiger partial charge in [0.05, 0.1) is 22.1 Å². The van der Waals surface area contributed by atoms with Crippen molar-refractivity contribution in [2.45, 2.75) is 83.8 Å². The molecule has 55 heavy (non-hydrogen) atoms. The Kier molecular flexibility index (Phi) is 13.5. The number of nitrogens with zero attached hydrogens (tertiary/aromatic N) is 1. The molecule has 4 N–H and O–H groups in total. The van der Waals surface area contributed by atoms with Crippen LogP contribution >= 0.6 is 0 Å². The molecule has 2 amide bonds. The number of anilines is 2. The molecule has 11 nitrogen and oxygen atoms in total. The predicted octanol–water partition coefficient (Wildman–Crippen LogP) is 6.68. The number of alkyl halides is 3. The normalized spacial score (nSPS) is 17.7. The van der Waals surface area contributed by atoms with Crippen molar-refractivity contribution in [3.8, 4) is 0 Å². The van der Waals surface area contributed by atoms with Crippen LogP contribution in [0.4, 0.5) is 28.9 Å². The van der Waals surface area contributed by atoms with Crippen LogP contribution in [-0.4, -0.2) is 55.9 Å². The van der Waals surface area contributed by atoms with Gasteiger partial charge in [0.2, 0.25) is 5.91 Å². The summed E-state index contributed by atoms with van der Waals surface area (Å²) in [4.78, 5) is 67.3. The molecule has 1 heterocycles. The number of ketones is 2. The molecule has 0 radical (unpaired) electrons. The summed E-state index contributed by atoms with van der Waals surface area (Å²) in [6.45, 7) is 8.17. The molecule has 0 spiro atoms. The van der Waals surface area contributed by atoms with Crippen molar-refractivity contribution >= 4 is 51.7 Å². The van der Waals surface area contributed by atoms with Crippen LogP contribution in [0.15, 0.2) is 71.3 Å². The lowest BCUT2D eigenvalue weighted by atomic mass is 9.82. The van der Waals surface area contributed by atoms with Crippen LogP contribution in [0, 0.1) is 30.0 Å². The van der Waals surface area contributed by atoms with Gasteiger partial charge in [-0.3, -0.25) is 24.2 Å². The summed E-state index contributed by atoms with van der Waals surface area (Å²) in [7, 11) is -1.84. The average Bonchev–Trinajstić information content (AvgIpc) is 3.10. The molecular formula is C39H42F4N4O7S. The fraction of sp³-hybridized carbons (Fsp3) is 0.385. The lowest BCUT2D eigenvalue weighted by molar-refractivity contribution is -0.139. The summed E-state index contributed by atoms with van der Waals surface area (Å²) in [6.07, 6.45) is -3.23. The number of carbonyl (C=O) groups excluding carboxylic acids is 4. The number of aryl methyl sites for hydroxylation is 2. The first-order chi connectivity index (χ1) is 25.6. The average molecular weight is 787 g/mol. The molecule has 1 aromatic heterocycles. The van der Waals surface area contributed by atoms with Crippen LogP contribution in [0.1, 0.15) is 74.1 Å². The van der Waals surface area contributed by atoms with E-state index < -0.39 is 80.9 Å². The molecule has 4 rings (SSSR count). The van der Waals surface area contributed by atoms with E-state index in [1.54, 1.807) is 39.8 Å². The zero-order valence-corrected chi connectivity index (χ0v) is 31.6. The van der Waals surface area contributed by atoms with Gasteiger partial charge in [0.15, 0.2) is 5.78 Å². The van der Waals surface area contributed by atoms with Gasteiger partial charge in [-0.15, -0.1) is 0 Å². The smallest absolute Gasteiger partial charge is 0.413 e. The second-order valence-corrected chi connectivity index (χ2v) is 15.7. The van der Waals surface area contributed by atoms with Crippen LogP contribution in [0.5, 0.6) is 0 Å².